The highest BCUT2D eigenvalue weighted by Gasteiger charge is 2.26. The Balaban J connectivity index is 2.69. The van der Waals surface area contributed by atoms with Gasteiger partial charge in [-0.2, -0.15) is 0 Å². The minimum atomic E-state index is -0.949. The normalized spacial score (nSPS) is 14.4. The predicted molar refractivity (Wildman–Crippen MR) is 70.8 cm³/mol. The zero-order chi connectivity index (χ0) is 13.3. The van der Waals surface area contributed by atoms with Gasteiger partial charge in [-0.25, -0.2) is 4.79 Å². The Morgan fingerprint density at radius 3 is 2.50 bits per heavy atom. The molecule has 5 heteroatoms. The van der Waals surface area contributed by atoms with E-state index < -0.39 is 5.97 Å². The number of aromatic carboxylic acids is 1. The summed E-state index contributed by atoms with van der Waals surface area (Å²) in [6.07, 6.45) is 0.793. The first-order chi connectivity index (χ1) is 8.52. The van der Waals surface area contributed by atoms with Crippen LogP contribution in [0.1, 0.15) is 42.1 Å². The van der Waals surface area contributed by atoms with Crippen molar-refractivity contribution < 1.29 is 19.4 Å². The summed E-state index contributed by atoms with van der Waals surface area (Å²) in [4.78, 5) is 11.3. The van der Waals surface area contributed by atoms with Gasteiger partial charge >= 0.3 is 5.97 Å². The summed E-state index contributed by atoms with van der Waals surface area (Å²) in [5, 5.41) is 9.29. The second-order valence-corrected chi connectivity index (χ2v) is 5.34. The van der Waals surface area contributed by atoms with Gasteiger partial charge in [0.05, 0.1) is 23.2 Å². The van der Waals surface area contributed by atoms with Crippen molar-refractivity contribution in [2.75, 3.05) is 13.2 Å². The number of hydrogen-bond donors (Lipinski definition) is 1. The van der Waals surface area contributed by atoms with Crippen LogP contribution in [0.4, 0.5) is 0 Å². The van der Waals surface area contributed by atoms with Crippen LogP contribution in [0, 0.1) is 0 Å². The molecule has 0 spiro atoms. The number of carboxylic acids is 1. The molecule has 98 valence electrons. The number of halogens is 1. The van der Waals surface area contributed by atoms with Crippen molar-refractivity contribution >= 4 is 21.9 Å². The average Bonchev–Trinajstić information content (AvgIpc) is 2.53. The molecule has 1 heterocycles. The molecule has 0 bridgehead atoms. The number of carboxylic acid groups (broad SMARTS) is 1. The molecule has 0 aliphatic carbocycles. The van der Waals surface area contributed by atoms with Gasteiger partial charge in [0, 0.05) is 12.0 Å². The highest BCUT2D eigenvalue weighted by atomic mass is 79.9. The van der Waals surface area contributed by atoms with Crippen molar-refractivity contribution in [3.63, 3.8) is 0 Å². The molecule has 0 atom stereocenters. The van der Waals surface area contributed by atoms with Crippen LogP contribution < -0.4 is 9.47 Å². The van der Waals surface area contributed by atoms with E-state index in [-0.39, 0.29) is 11.5 Å². The molecular formula is C13H15BrO4. The molecule has 0 fully saturated rings. The first kappa shape index (κ1) is 13.2. The second-order valence-electron chi connectivity index (χ2n) is 4.49. The van der Waals surface area contributed by atoms with Crippen LogP contribution in [0.5, 0.6) is 11.5 Å². The van der Waals surface area contributed by atoms with E-state index >= 15 is 0 Å². The zero-order valence-corrected chi connectivity index (χ0v) is 11.9. The Labute approximate surface area is 114 Å². The fourth-order valence-electron chi connectivity index (χ4n) is 2.06. The Bertz CT molecular complexity index is 482. The van der Waals surface area contributed by atoms with Gasteiger partial charge in [-0.15, -0.1) is 0 Å². The third-order valence-corrected chi connectivity index (χ3v) is 3.41. The summed E-state index contributed by atoms with van der Waals surface area (Å²) >= 11 is 3.35. The third-order valence-electron chi connectivity index (χ3n) is 2.82. The van der Waals surface area contributed by atoms with Crippen LogP contribution in [0.2, 0.25) is 0 Å². The van der Waals surface area contributed by atoms with Crippen LogP contribution in [0.15, 0.2) is 10.5 Å². The van der Waals surface area contributed by atoms with Gasteiger partial charge in [-0.3, -0.25) is 0 Å². The molecule has 0 aromatic heterocycles. The standard InChI is InChI=1S/C13H15BrO4/c1-7(2)10-8(13(15)16)6-9(14)11-12(10)18-5-3-4-17-11/h6-7H,3-5H2,1-2H3,(H,15,16). The van der Waals surface area contributed by atoms with Crippen LogP contribution in [0.3, 0.4) is 0 Å². The molecular weight excluding hydrogens is 300 g/mol. The monoisotopic (exact) mass is 314 g/mol. The van der Waals surface area contributed by atoms with Gasteiger partial charge in [-0.1, -0.05) is 13.8 Å². The summed E-state index contributed by atoms with van der Waals surface area (Å²) in [7, 11) is 0. The lowest BCUT2D eigenvalue weighted by molar-refractivity contribution is 0.0694. The number of ether oxygens (including phenoxy) is 2. The van der Waals surface area contributed by atoms with Crippen molar-refractivity contribution in [2.45, 2.75) is 26.2 Å². The topological polar surface area (TPSA) is 55.8 Å². The molecule has 4 nitrogen and oxygen atoms in total. The average molecular weight is 315 g/mol. The highest BCUT2D eigenvalue weighted by Crippen LogP contribution is 2.44. The molecule has 1 aliphatic heterocycles. The van der Waals surface area contributed by atoms with Crippen LogP contribution in [-0.4, -0.2) is 24.3 Å². The van der Waals surface area contributed by atoms with E-state index in [9.17, 15) is 9.90 Å². The van der Waals surface area contributed by atoms with Gasteiger partial charge in [-0.05, 0) is 27.9 Å². The zero-order valence-electron chi connectivity index (χ0n) is 10.3. The first-order valence-electron chi connectivity index (χ1n) is 5.87. The molecule has 0 saturated heterocycles. The van der Waals surface area contributed by atoms with E-state index in [4.69, 9.17) is 9.47 Å². The molecule has 0 unspecified atom stereocenters. The molecule has 0 amide bonds. The third kappa shape index (κ3) is 2.32. The number of benzene rings is 1. The Morgan fingerprint density at radius 1 is 1.33 bits per heavy atom. The lowest BCUT2D eigenvalue weighted by atomic mass is 9.95. The smallest absolute Gasteiger partial charge is 0.336 e. The van der Waals surface area contributed by atoms with Gasteiger partial charge < -0.3 is 14.6 Å². The van der Waals surface area contributed by atoms with Crippen molar-refractivity contribution in [1.29, 1.82) is 0 Å². The summed E-state index contributed by atoms with van der Waals surface area (Å²) in [6.45, 7) is 5.02. The Morgan fingerprint density at radius 2 is 1.94 bits per heavy atom. The Hall–Kier alpha value is -1.23. The van der Waals surface area contributed by atoms with Crippen molar-refractivity contribution in [3.8, 4) is 11.5 Å². The first-order valence-corrected chi connectivity index (χ1v) is 6.67. The maximum Gasteiger partial charge on any atom is 0.336 e. The molecule has 18 heavy (non-hydrogen) atoms. The van der Waals surface area contributed by atoms with E-state index in [0.29, 0.717) is 34.7 Å². The minimum Gasteiger partial charge on any atom is -0.489 e. The maximum absolute atomic E-state index is 11.3. The summed E-state index contributed by atoms with van der Waals surface area (Å²) in [5.41, 5.74) is 0.962. The van der Waals surface area contributed by atoms with Gasteiger partial charge in [0.1, 0.15) is 0 Å². The SMILES string of the molecule is CC(C)c1c(C(=O)O)cc(Br)c2c1OCCCO2. The van der Waals surface area contributed by atoms with Crippen LogP contribution in [-0.2, 0) is 0 Å². The molecule has 2 rings (SSSR count). The predicted octanol–water partition coefficient (Wildman–Crippen LogP) is 3.43. The number of carbonyl (C=O) groups is 1. The van der Waals surface area contributed by atoms with E-state index in [1.807, 2.05) is 13.8 Å². The number of fused-ring (bicyclic) bond motifs is 1. The van der Waals surface area contributed by atoms with Gasteiger partial charge in [0.2, 0.25) is 0 Å². The van der Waals surface area contributed by atoms with E-state index in [1.165, 1.54) is 0 Å². The van der Waals surface area contributed by atoms with Gasteiger partial charge in [0.15, 0.2) is 11.5 Å². The van der Waals surface area contributed by atoms with E-state index in [0.717, 1.165) is 6.42 Å². The van der Waals surface area contributed by atoms with Gasteiger partial charge in [0.25, 0.3) is 0 Å². The lowest BCUT2D eigenvalue weighted by Gasteiger charge is -2.18. The second kappa shape index (κ2) is 5.18. The summed E-state index contributed by atoms with van der Waals surface area (Å²) < 4.78 is 12.0. The summed E-state index contributed by atoms with van der Waals surface area (Å²) in [6, 6.07) is 1.59. The highest BCUT2D eigenvalue weighted by molar-refractivity contribution is 9.10. The van der Waals surface area contributed by atoms with Crippen molar-refractivity contribution in [1.82, 2.24) is 0 Å². The van der Waals surface area contributed by atoms with Crippen LogP contribution in [0.25, 0.3) is 0 Å². The fraction of sp³-hybridized carbons (Fsp3) is 0.462. The number of rotatable bonds is 2. The largest absolute Gasteiger partial charge is 0.489 e. The molecule has 1 aromatic carbocycles. The molecule has 0 radical (unpaired) electrons. The van der Waals surface area contributed by atoms with Crippen molar-refractivity contribution in [3.05, 3.63) is 21.7 Å². The summed E-state index contributed by atoms with van der Waals surface area (Å²) in [5.74, 6) is 0.283. The van der Waals surface area contributed by atoms with Crippen molar-refractivity contribution in [2.24, 2.45) is 0 Å². The number of hydrogen-bond acceptors (Lipinski definition) is 3. The van der Waals surface area contributed by atoms with E-state index in [2.05, 4.69) is 15.9 Å². The molecule has 0 saturated carbocycles. The lowest BCUT2D eigenvalue weighted by Crippen LogP contribution is -2.08. The fourth-order valence-corrected chi connectivity index (χ4v) is 2.58. The maximum atomic E-state index is 11.3. The minimum absolute atomic E-state index is 0.0552. The molecule has 1 N–H and O–H groups in total. The quantitative estimate of drug-likeness (QED) is 0.908. The molecule has 1 aromatic rings. The van der Waals surface area contributed by atoms with E-state index in [1.54, 1.807) is 6.07 Å². The van der Waals surface area contributed by atoms with Crippen LogP contribution >= 0.6 is 15.9 Å². The Kier molecular flexibility index (Phi) is 3.80. The molecule has 1 aliphatic rings.